The van der Waals surface area contributed by atoms with Crippen molar-refractivity contribution >= 4 is 17.7 Å². The Labute approximate surface area is 153 Å². The summed E-state index contributed by atoms with van der Waals surface area (Å²) in [6.45, 7) is 9.98. The van der Waals surface area contributed by atoms with Crippen LogP contribution in [-0.4, -0.2) is 49.4 Å². The number of amides is 1. The molecule has 2 aromatic rings. The first-order valence-electron chi connectivity index (χ1n) is 8.77. The zero-order valence-corrected chi connectivity index (χ0v) is 16.1. The lowest BCUT2D eigenvalue weighted by Crippen LogP contribution is -2.41. The highest BCUT2D eigenvalue weighted by Gasteiger charge is 2.26. The molecule has 1 saturated heterocycles. The topological polar surface area (TPSA) is 63.9 Å². The number of carbonyl (C=O) groups excluding carboxylic acids is 1. The second-order valence-corrected chi connectivity index (χ2v) is 8.24. The smallest absolute Gasteiger partial charge is 0.235 e. The highest BCUT2D eigenvalue weighted by atomic mass is 32.2. The first-order chi connectivity index (χ1) is 12.0. The van der Waals surface area contributed by atoms with Gasteiger partial charge in [-0.2, -0.15) is 4.68 Å². The largest absolute Gasteiger partial charge is 0.342 e. The fourth-order valence-corrected chi connectivity index (χ4v) is 3.93. The van der Waals surface area contributed by atoms with E-state index < -0.39 is 0 Å². The maximum atomic E-state index is 12.7. The van der Waals surface area contributed by atoms with Gasteiger partial charge in [0.15, 0.2) is 0 Å². The van der Waals surface area contributed by atoms with Gasteiger partial charge in [0.05, 0.1) is 10.9 Å². The molecule has 2 heterocycles. The standard InChI is InChI=1S/C18H25N5OS/c1-12-7-9-22(10-8-12)17(24)15(4)25-18-19-20-21-23(18)16-11-13(2)5-6-14(16)3/h5-6,11-12,15H,7-10H2,1-4H3. The van der Waals surface area contributed by atoms with Crippen molar-refractivity contribution in [2.45, 2.75) is 50.9 Å². The van der Waals surface area contributed by atoms with E-state index in [0.29, 0.717) is 11.1 Å². The van der Waals surface area contributed by atoms with Gasteiger partial charge in [0.1, 0.15) is 0 Å². The van der Waals surface area contributed by atoms with Gasteiger partial charge in [-0.25, -0.2) is 0 Å². The fourth-order valence-electron chi connectivity index (χ4n) is 3.05. The van der Waals surface area contributed by atoms with Gasteiger partial charge in [-0.3, -0.25) is 4.79 Å². The van der Waals surface area contributed by atoms with E-state index in [1.165, 1.54) is 11.8 Å². The molecule has 7 heteroatoms. The Kier molecular flexibility index (Phi) is 5.42. The average molecular weight is 359 g/mol. The molecular formula is C18H25N5OS. The molecule has 0 N–H and O–H groups in total. The van der Waals surface area contributed by atoms with E-state index in [0.717, 1.165) is 42.7 Å². The van der Waals surface area contributed by atoms with E-state index in [4.69, 9.17) is 0 Å². The molecule has 1 aromatic heterocycles. The molecule has 1 fully saturated rings. The normalized spacial score (nSPS) is 16.9. The molecule has 1 aliphatic heterocycles. The molecule has 3 rings (SSSR count). The number of hydrogen-bond acceptors (Lipinski definition) is 5. The van der Waals surface area contributed by atoms with E-state index in [2.05, 4.69) is 40.6 Å². The van der Waals surface area contributed by atoms with Crippen LogP contribution in [0.4, 0.5) is 0 Å². The van der Waals surface area contributed by atoms with Crippen molar-refractivity contribution in [1.29, 1.82) is 0 Å². The Balaban J connectivity index is 1.74. The molecule has 0 spiro atoms. The molecule has 134 valence electrons. The van der Waals surface area contributed by atoms with Crippen molar-refractivity contribution < 1.29 is 4.79 Å². The number of benzene rings is 1. The third-order valence-corrected chi connectivity index (χ3v) is 5.78. The zero-order valence-electron chi connectivity index (χ0n) is 15.3. The molecule has 0 bridgehead atoms. The molecule has 1 amide bonds. The second kappa shape index (κ2) is 7.56. The SMILES string of the molecule is Cc1ccc(C)c(-n2nnnc2SC(C)C(=O)N2CCC(C)CC2)c1. The minimum Gasteiger partial charge on any atom is -0.342 e. The van der Waals surface area contributed by atoms with Crippen molar-refractivity contribution in [3.8, 4) is 5.69 Å². The van der Waals surface area contributed by atoms with Crippen LogP contribution in [-0.2, 0) is 4.79 Å². The molecule has 1 atom stereocenters. The van der Waals surface area contributed by atoms with Crippen LogP contribution in [0.5, 0.6) is 0 Å². The van der Waals surface area contributed by atoms with Crippen LogP contribution >= 0.6 is 11.8 Å². The molecule has 0 saturated carbocycles. The summed E-state index contributed by atoms with van der Waals surface area (Å²) < 4.78 is 1.73. The summed E-state index contributed by atoms with van der Waals surface area (Å²) in [7, 11) is 0. The molecule has 1 unspecified atom stereocenters. The van der Waals surface area contributed by atoms with Gasteiger partial charge >= 0.3 is 0 Å². The van der Waals surface area contributed by atoms with Crippen LogP contribution in [0.25, 0.3) is 5.69 Å². The van der Waals surface area contributed by atoms with Gasteiger partial charge < -0.3 is 4.90 Å². The number of rotatable bonds is 4. The first-order valence-corrected chi connectivity index (χ1v) is 9.65. The van der Waals surface area contributed by atoms with Gasteiger partial charge in [-0.1, -0.05) is 30.8 Å². The Morgan fingerprint density at radius 3 is 2.72 bits per heavy atom. The van der Waals surface area contributed by atoms with Crippen molar-refractivity contribution in [1.82, 2.24) is 25.1 Å². The quantitative estimate of drug-likeness (QED) is 0.785. The van der Waals surface area contributed by atoms with E-state index in [1.807, 2.05) is 25.7 Å². The Hall–Kier alpha value is -1.89. The summed E-state index contributed by atoms with van der Waals surface area (Å²) in [5.74, 6) is 0.885. The number of piperidine rings is 1. The minimum absolute atomic E-state index is 0.174. The molecule has 0 aliphatic carbocycles. The summed E-state index contributed by atoms with van der Waals surface area (Å²) >= 11 is 1.42. The lowest BCUT2D eigenvalue weighted by molar-refractivity contribution is -0.131. The Bertz CT molecular complexity index is 752. The third-order valence-electron chi connectivity index (χ3n) is 4.76. The van der Waals surface area contributed by atoms with Crippen molar-refractivity contribution in [3.63, 3.8) is 0 Å². The lowest BCUT2D eigenvalue weighted by Gasteiger charge is -2.31. The minimum atomic E-state index is -0.205. The van der Waals surface area contributed by atoms with Crippen molar-refractivity contribution in [3.05, 3.63) is 29.3 Å². The van der Waals surface area contributed by atoms with Crippen LogP contribution < -0.4 is 0 Å². The second-order valence-electron chi connectivity index (χ2n) is 6.93. The predicted octanol–water partition coefficient (Wildman–Crippen LogP) is 3.02. The molecule has 6 nitrogen and oxygen atoms in total. The number of carbonyl (C=O) groups is 1. The number of thioether (sulfide) groups is 1. The van der Waals surface area contributed by atoms with Crippen LogP contribution in [0.3, 0.4) is 0 Å². The molecule has 1 aliphatic rings. The number of aryl methyl sites for hydroxylation is 2. The molecular weight excluding hydrogens is 334 g/mol. The van der Waals surface area contributed by atoms with Crippen LogP contribution in [0.2, 0.25) is 0 Å². The van der Waals surface area contributed by atoms with E-state index in [-0.39, 0.29) is 11.2 Å². The summed E-state index contributed by atoms with van der Waals surface area (Å²) in [4.78, 5) is 14.7. The lowest BCUT2D eigenvalue weighted by atomic mass is 9.99. The highest BCUT2D eigenvalue weighted by Crippen LogP contribution is 2.27. The van der Waals surface area contributed by atoms with Gasteiger partial charge in [0, 0.05) is 13.1 Å². The predicted molar refractivity (Wildman–Crippen MR) is 98.9 cm³/mol. The fraction of sp³-hybridized carbons (Fsp3) is 0.556. The Morgan fingerprint density at radius 2 is 2.00 bits per heavy atom. The molecule has 0 radical (unpaired) electrons. The number of aromatic nitrogens is 4. The number of tetrazole rings is 1. The maximum absolute atomic E-state index is 12.7. The zero-order chi connectivity index (χ0) is 18.0. The average Bonchev–Trinajstić information content (AvgIpc) is 3.05. The summed E-state index contributed by atoms with van der Waals surface area (Å²) in [6, 6.07) is 6.19. The summed E-state index contributed by atoms with van der Waals surface area (Å²) in [6.07, 6.45) is 2.17. The number of nitrogens with zero attached hydrogens (tertiary/aromatic N) is 5. The monoisotopic (exact) mass is 359 g/mol. The number of hydrogen-bond donors (Lipinski definition) is 0. The third kappa shape index (κ3) is 4.03. The first kappa shape index (κ1) is 17.9. The van der Waals surface area contributed by atoms with Gasteiger partial charge in [-0.15, -0.1) is 5.10 Å². The highest BCUT2D eigenvalue weighted by molar-refractivity contribution is 8.00. The van der Waals surface area contributed by atoms with Crippen LogP contribution in [0, 0.1) is 19.8 Å². The van der Waals surface area contributed by atoms with E-state index in [9.17, 15) is 4.79 Å². The molecule has 25 heavy (non-hydrogen) atoms. The summed E-state index contributed by atoms with van der Waals surface area (Å²) in [5, 5.41) is 12.5. The van der Waals surface area contributed by atoms with E-state index >= 15 is 0 Å². The number of likely N-dealkylation sites (tertiary alicyclic amines) is 1. The van der Waals surface area contributed by atoms with Gasteiger partial charge in [0.25, 0.3) is 0 Å². The maximum Gasteiger partial charge on any atom is 0.235 e. The van der Waals surface area contributed by atoms with Gasteiger partial charge in [0.2, 0.25) is 11.1 Å². The van der Waals surface area contributed by atoms with Gasteiger partial charge in [-0.05, 0) is 67.2 Å². The van der Waals surface area contributed by atoms with Crippen LogP contribution in [0.15, 0.2) is 23.4 Å². The van der Waals surface area contributed by atoms with Crippen molar-refractivity contribution in [2.24, 2.45) is 5.92 Å². The summed E-state index contributed by atoms with van der Waals surface area (Å²) in [5.41, 5.74) is 3.21. The molecule has 1 aromatic carbocycles. The Morgan fingerprint density at radius 1 is 1.28 bits per heavy atom. The van der Waals surface area contributed by atoms with Crippen molar-refractivity contribution in [2.75, 3.05) is 13.1 Å². The van der Waals surface area contributed by atoms with Crippen LogP contribution in [0.1, 0.15) is 37.8 Å². The van der Waals surface area contributed by atoms with E-state index in [1.54, 1.807) is 4.68 Å².